The molecule has 0 radical (unpaired) electrons. The molecule has 0 spiro atoms. The highest BCUT2D eigenvalue weighted by Crippen LogP contribution is 2.19. The van der Waals surface area contributed by atoms with Crippen LogP contribution >= 0.6 is 0 Å². The minimum Gasteiger partial charge on any atom is -0.491 e. The van der Waals surface area contributed by atoms with Crippen molar-refractivity contribution in [1.29, 1.82) is 0 Å². The van der Waals surface area contributed by atoms with Gasteiger partial charge >= 0.3 is 11.9 Å². The molecule has 0 aliphatic carbocycles. The van der Waals surface area contributed by atoms with Gasteiger partial charge in [0.2, 0.25) is 0 Å². The monoisotopic (exact) mass is 284 g/mol. The molecule has 1 rings (SSSR count). The van der Waals surface area contributed by atoms with Gasteiger partial charge in [0, 0.05) is 0 Å². The maximum atomic E-state index is 11.4. The Balaban J connectivity index is 0.00000172. The molecule has 0 saturated carbocycles. The van der Waals surface area contributed by atoms with Crippen molar-refractivity contribution in [3.8, 4) is 5.75 Å². The molecule has 0 heterocycles. The molecule has 0 aliphatic rings. The van der Waals surface area contributed by atoms with E-state index in [0.29, 0.717) is 0 Å². The van der Waals surface area contributed by atoms with Gasteiger partial charge < -0.3 is 19.3 Å². The summed E-state index contributed by atoms with van der Waals surface area (Å²) in [7, 11) is 2.48. The van der Waals surface area contributed by atoms with Crippen molar-refractivity contribution in [3.05, 3.63) is 29.3 Å². The second-order valence-electron chi connectivity index (χ2n) is 3.30. The van der Waals surface area contributed by atoms with Gasteiger partial charge in [0.15, 0.2) is 0 Å². The van der Waals surface area contributed by atoms with E-state index < -0.39 is 11.9 Å². The number of aliphatic hydroxyl groups excluding tert-OH is 1. The number of ether oxygens (including phenoxy) is 3. The van der Waals surface area contributed by atoms with Crippen molar-refractivity contribution in [1.82, 2.24) is 0 Å². The summed E-state index contributed by atoms with van der Waals surface area (Å²) in [5, 5.41) is 8.67. The topological polar surface area (TPSA) is 82.1 Å². The number of rotatable bonds is 5. The van der Waals surface area contributed by atoms with Gasteiger partial charge in [-0.25, -0.2) is 9.59 Å². The molecule has 0 fully saturated rings. The average Bonchev–Trinajstić information content (AvgIpc) is 2.52. The Labute approximate surface area is 118 Å². The third-order valence-electron chi connectivity index (χ3n) is 2.11. The van der Waals surface area contributed by atoms with E-state index in [1.807, 2.05) is 13.8 Å². The smallest absolute Gasteiger partial charge is 0.338 e. The SMILES string of the molecule is CC.COC(=O)c1cc(OCCO)cc(C(=O)OC)c1. The highest BCUT2D eigenvalue weighted by molar-refractivity contribution is 5.96. The number of esters is 2. The van der Waals surface area contributed by atoms with Gasteiger partial charge in [-0.1, -0.05) is 13.8 Å². The highest BCUT2D eigenvalue weighted by atomic mass is 16.5. The first-order valence-electron chi connectivity index (χ1n) is 6.17. The van der Waals surface area contributed by atoms with E-state index in [9.17, 15) is 9.59 Å². The number of carbonyl (C=O) groups excluding carboxylic acids is 2. The molecule has 112 valence electrons. The van der Waals surface area contributed by atoms with Crippen LogP contribution in [0.1, 0.15) is 34.6 Å². The second-order valence-corrected chi connectivity index (χ2v) is 3.30. The minimum atomic E-state index is -0.588. The summed E-state index contributed by atoms with van der Waals surface area (Å²) in [6.45, 7) is 3.89. The summed E-state index contributed by atoms with van der Waals surface area (Å²) >= 11 is 0. The number of methoxy groups -OCH3 is 2. The molecule has 0 bridgehead atoms. The van der Waals surface area contributed by atoms with Crippen LogP contribution in [0.25, 0.3) is 0 Å². The van der Waals surface area contributed by atoms with Gasteiger partial charge in [-0.05, 0) is 18.2 Å². The van der Waals surface area contributed by atoms with Crippen molar-refractivity contribution < 1.29 is 28.9 Å². The number of hydrogen-bond acceptors (Lipinski definition) is 6. The van der Waals surface area contributed by atoms with E-state index in [4.69, 9.17) is 9.84 Å². The number of hydrogen-bond donors (Lipinski definition) is 1. The van der Waals surface area contributed by atoms with E-state index in [2.05, 4.69) is 9.47 Å². The standard InChI is InChI=1S/C12H14O6.C2H6/c1-16-11(14)8-5-9(12(15)17-2)7-10(6-8)18-4-3-13;1-2/h5-7,13H,3-4H2,1-2H3;1-2H3. The second kappa shape index (κ2) is 9.80. The van der Waals surface area contributed by atoms with Crippen LogP contribution < -0.4 is 4.74 Å². The number of aliphatic hydroxyl groups is 1. The molecule has 0 unspecified atom stereocenters. The van der Waals surface area contributed by atoms with Crippen LogP contribution in [-0.2, 0) is 9.47 Å². The predicted octanol–water partition coefficient (Wildman–Crippen LogP) is 1.66. The van der Waals surface area contributed by atoms with Gasteiger partial charge in [-0.3, -0.25) is 0 Å². The molecule has 0 atom stereocenters. The fourth-order valence-electron chi connectivity index (χ4n) is 1.32. The molecular weight excluding hydrogens is 264 g/mol. The Morgan fingerprint density at radius 1 is 1.00 bits per heavy atom. The van der Waals surface area contributed by atoms with Gasteiger partial charge in [0.25, 0.3) is 0 Å². The number of benzene rings is 1. The van der Waals surface area contributed by atoms with Crippen LogP contribution in [0.4, 0.5) is 0 Å². The molecule has 20 heavy (non-hydrogen) atoms. The molecule has 1 aromatic carbocycles. The number of carbonyl (C=O) groups is 2. The van der Waals surface area contributed by atoms with Crippen molar-refractivity contribution in [2.24, 2.45) is 0 Å². The maximum Gasteiger partial charge on any atom is 0.338 e. The van der Waals surface area contributed by atoms with Gasteiger partial charge in [-0.15, -0.1) is 0 Å². The zero-order valence-electron chi connectivity index (χ0n) is 12.1. The largest absolute Gasteiger partial charge is 0.491 e. The Bertz CT molecular complexity index is 407. The molecule has 6 heteroatoms. The van der Waals surface area contributed by atoms with E-state index in [0.717, 1.165) is 0 Å². The van der Waals surface area contributed by atoms with E-state index in [1.165, 1.54) is 32.4 Å². The molecule has 0 aliphatic heterocycles. The predicted molar refractivity (Wildman–Crippen MR) is 73.0 cm³/mol. The Kier molecular flexibility index (Phi) is 8.78. The quantitative estimate of drug-likeness (QED) is 0.828. The lowest BCUT2D eigenvalue weighted by Crippen LogP contribution is -2.09. The first-order valence-corrected chi connectivity index (χ1v) is 6.17. The first-order chi connectivity index (χ1) is 9.62. The minimum absolute atomic E-state index is 0.0608. The Morgan fingerprint density at radius 2 is 1.45 bits per heavy atom. The van der Waals surface area contributed by atoms with Gasteiger partial charge in [0.05, 0.1) is 32.0 Å². The zero-order valence-corrected chi connectivity index (χ0v) is 12.1. The van der Waals surface area contributed by atoms with Crippen LogP contribution in [-0.4, -0.2) is 44.5 Å². The van der Waals surface area contributed by atoms with Gasteiger partial charge in [0.1, 0.15) is 12.4 Å². The third-order valence-corrected chi connectivity index (χ3v) is 2.11. The Morgan fingerprint density at radius 3 is 1.80 bits per heavy atom. The maximum absolute atomic E-state index is 11.4. The summed E-state index contributed by atoms with van der Waals surface area (Å²) < 4.78 is 14.3. The Hall–Kier alpha value is -2.08. The molecule has 0 saturated heterocycles. The fraction of sp³-hybridized carbons (Fsp3) is 0.429. The fourth-order valence-corrected chi connectivity index (χ4v) is 1.32. The van der Waals surface area contributed by atoms with Crippen LogP contribution in [0.2, 0.25) is 0 Å². The lowest BCUT2D eigenvalue weighted by atomic mass is 10.1. The van der Waals surface area contributed by atoms with Crippen molar-refractivity contribution in [2.75, 3.05) is 27.4 Å². The van der Waals surface area contributed by atoms with E-state index in [1.54, 1.807) is 0 Å². The molecule has 0 aromatic heterocycles. The van der Waals surface area contributed by atoms with E-state index >= 15 is 0 Å². The molecular formula is C14H20O6. The summed E-state index contributed by atoms with van der Waals surface area (Å²) in [6, 6.07) is 4.20. The summed E-state index contributed by atoms with van der Waals surface area (Å²) in [5.74, 6) is -0.892. The van der Waals surface area contributed by atoms with Crippen LogP contribution in [0.5, 0.6) is 5.75 Å². The normalized spacial score (nSPS) is 9.05. The van der Waals surface area contributed by atoms with Gasteiger partial charge in [-0.2, -0.15) is 0 Å². The molecule has 1 N–H and O–H groups in total. The molecule has 1 aromatic rings. The van der Waals surface area contributed by atoms with E-state index in [-0.39, 0.29) is 30.1 Å². The van der Waals surface area contributed by atoms with Crippen molar-refractivity contribution >= 4 is 11.9 Å². The average molecular weight is 284 g/mol. The molecule has 6 nitrogen and oxygen atoms in total. The lowest BCUT2D eigenvalue weighted by molar-refractivity contribution is 0.0598. The lowest BCUT2D eigenvalue weighted by Gasteiger charge is -2.08. The molecule has 0 amide bonds. The summed E-state index contributed by atoms with van der Waals surface area (Å²) in [4.78, 5) is 22.8. The zero-order chi connectivity index (χ0) is 15.5. The third kappa shape index (κ3) is 5.27. The van der Waals surface area contributed by atoms with Crippen LogP contribution in [0.3, 0.4) is 0 Å². The summed E-state index contributed by atoms with van der Waals surface area (Å²) in [6.07, 6.45) is 0. The first kappa shape index (κ1) is 17.9. The highest BCUT2D eigenvalue weighted by Gasteiger charge is 2.14. The van der Waals surface area contributed by atoms with Crippen molar-refractivity contribution in [2.45, 2.75) is 13.8 Å². The van der Waals surface area contributed by atoms with Crippen LogP contribution in [0.15, 0.2) is 18.2 Å². The van der Waals surface area contributed by atoms with Crippen LogP contribution in [0, 0.1) is 0 Å². The van der Waals surface area contributed by atoms with Crippen molar-refractivity contribution in [3.63, 3.8) is 0 Å². The summed E-state index contributed by atoms with van der Waals surface area (Å²) in [5.41, 5.74) is 0.349.